The summed E-state index contributed by atoms with van der Waals surface area (Å²) < 4.78 is 3.34. The largest absolute Gasteiger partial charge is 0.329 e. The topological polar surface area (TPSA) is 47.1 Å². The lowest BCUT2D eigenvalue weighted by Gasteiger charge is -2.38. The number of hydrogen-bond donors (Lipinski definition) is 1. The number of hydrogen-bond acceptors (Lipinski definition) is 3. The van der Waals surface area contributed by atoms with Crippen LogP contribution in [0.15, 0.2) is 4.47 Å². The molecular formula is C16H29BrN4. The van der Waals surface area contributed by atoms with Gasteiger partial charge in [-0.15, -0.1) is 0 Å². The quantitative estimate of drug-likeness (QED) is 0.851. The van der Waals surface area contributed by atoms with Crippen LogP contribution in [0.4, 0.5) is 0 Å². The first-order valence-corrected chi connectivity index (χ1v) is 9.11. The normalized spacial score (nSPS) is 23.7. The molecule has 4 nitrogen and oxygen atoms in total. The summed E-state index contributed by atoms with van der Waals surface area (Å²) in [4.78, 5) is 2.56. The molecule has 2 atom stereocenters. The summed E-state index contributed by atoms with van der Waals surface area (Å²) >= 11 is 3.76. The first-order valence-electron chi connectivity index (χ1n) is 8.32. The van der Waals surface area contributed by atoms with E-state index in [2.05, 4.69) is 46.3 Å². The molecule has 0 saturated carbocycles. The van der Waals surface area contributed by atoms with E-state index in [0.29, 0.717) is 6.04 Å². The van der Waals surface area contributed by atoms with Crippen LogP contribution in [0, 0.1) is 5.92 Å². The fraction of sp³-hybridized carbons (Fsp3) is 0.812. The van der Waals surface area contributed by atoms with Crippen LogP contribution in [0.3, 0.4) is 0 Å². The van der Waals surface area contributed by atoms with Gasteiger partial charge in [0.1, 0.15) is 0 Å². The van der Waals surface area contributed by atoms with E-state index in [9.17, 15) is 0 Å². The summed E-state index contributed by atoms with van der Waals surface area (Å²) in [5.41, 5.74) is 8.50. The molecule has 1 aliphatic heterocycles. The summed E-state index contributed by atoms with van der Waals surface area (Å²) in [7, 11) is 0. The molecule has 120 valence electrons. The van der Waals surface area contributed by atoms with Gasteiger partial charge >= 0.3 is 0 Å². The van der Waals surface area contributed by atoms with Crippen LogP contribution in [0.1, 0.15) is 51.4 Å². The van der Waals surface area contributed by atoms with Gasteiger partial charge in [0.2, 0.25) is 0 Å². The van der Waals surface area contributed by atoms with Gasteiger partial charge in [0.15, 0.2) is 0 Å². The molecule has 1 aromatic rings. The van der Waals surface area contributed by atoms with Crippen LogP contribution in [0.2, 0.25) is 0 Å². The molecule has 0 aromatic carbocycles. The third kappa shape index (κ3) is 3.69. The van der Waals surface area contributed by atoms with E-state index < -0.39 is 0 Å². The standard InChI is InChI=1S/C16H29BrN4/c1-4-12-7-8-20(13(9-12)10-18)11-15-16(17)14(5-2)19-21(15)6-3/h12-13H,4-11,18H2,1-3H3. The number of likely N-dealkylation sites (tertiary alicyclic amines) is 1. The SMILES string of the molecule is CCc1nn(CC)c(CN2CCC(CC)CC2CN)c1Br. The highest BCUT2D eigenvalue weighted by molar-refractivity contribution is 9.10. The van der Waals surface area contributed by atoms with E-state index in [0.717, 1.165) is 38.5 Å². The molecule has 0 radical (unpaired) electrons. The Morgan fingerprint density at radius 2 is 2.10 bits per heavy atom. The molecule has 2 rings (SSSR count). The Morgan fingerprint density at radius 3 is 2.67 bits per heavy atom. The van der Waals surface area contributed by atoms with Crippen molar-refractivity contribution in [2.75, 3.05) is 13.1 Å². The van der Waals surface area contributed by atoms with Gasteiger partial charge in [-0.05, 0) is 54.6 Å². The minimum absolute atomic E-state index is 0.515. The van der Waals surface area contributed by atoms with E-state index in [-0.39, 0.29) is 0 Å². The second-order valence-corrected chi connectivity index (χ2v) is 6.83. The molecule has 1 fully saturated rings. The second-order valence-electron chi connectivity index (χ2n) is 6.04. The summed E-state index contributed by atoms with van der Waals surface area (Å²) in [6.45, 7) is 10.4. The average Bonchev–Trinajstić information content (AvgIpc) is 2.83. The van der Waals surface area contributed by atoms with Gasteiger partial charge in [-0.1, -0.05) is 20.3 Å². The van der Waals surface area contributed by atoms with Crippen LogP contribution >= 0.6 is 15.9 Å². The highest BCUT2D eigenvalue weighted by Gasteiger charge is 2.28. The van der Waals surface area contributed by atoms with Crippen molar-refractivity contribution in [2.45, 2.75) is 65.6 Å². The van der Waals surface area contributed by atoms with Crippen LogP contribution < -0.4 is 5.73 Å². The third-order valence-corrected chi connectivity index (χ3v) is 5.76. The molecule has 0 bridgehead atoms. The monoisotopic (exact) mass is 356 g/mol. The van der Waals surface area contributed by atoms with Crippen molar-refractivity contribution in [3.8, 4) is 0 Å². The maximum absolute atomic E-state index is 6.03. The van der Waals surface area contributed by atoms with Gasteiger partial charge in [-0.2, -0.15) is 5.10 Å². The summed E-state index contributed by atoms with van der Waals surface area (Å²) in [5.74, 6) is 0.848. The zero-order chi connectivity index (χ0) is 15.4. The molecule has 21 heavy (non-hydrogen) atoms. The van der Waals surface area contributed by atoms with Crippen molar-refractivity contribution < 1.29 is 0 Å². The minimum atomic E-state index is 0.515. The molecular weight excluding hydrogens is 328 g/mol. The van der Waals surface area contributed by atoms with Gasteiger partial charge in [-0.25, -0.2) is 0 Å². The summed E-state index contributed by atoms with van der Waals surface area (Å²) in [5, 5.41) is 4.71. The van der Waals surface area contributed by atoms with Gasteiger partial charge in [0.05, 0.1) is 15.9 Å². The van der Waals surface area contributed by atoms with Gasteiger partial charge in [0.25, 0.3) is 0 Å². The fourth-order valence-corrected chi connectivity index (χ4v) is 4.06. The van der Waals surface area contributed by atoms with Gasteiger partial charge in [-0.3, -0.25) is 9.58 Å². The number of nitrogens with zero attached hydrogens (tertiary/aromatic N) is 3. The lowest BCUT2D eigenvalue weighted by Crippen LogP contribution is -2.46. The van der Waals surface area contributed by atoms with Crippen molar-refractivity contribution in [1.29, 1.82) is 0 Å². The number of piperidine rings is 1. The number of aromatic nitrogens is 2. The van der Waals surface area contributed by atoms with E-state index in [4.69, 9.17) is 10.8 Å². The van der Waals surface area contributed by atoms with E-state index in [1.807, 2.05) is 0 Å². The number of rotatable bonds is 6. The molecule has 2 unspecified atom stereocenters. The smallest absolute Gasteiger partial charge is 0.0767 e. The van der Waals surface area contributed by atoms with Crippen LogP contribution in [0.25, 0.3) is 0 Å². The number of aryl methyl sites for hydroxylation is 2. The van der Waals surface area contributed by atoms with Crippen LogP contribution in [0.5, 0.6) is 0 Å². The maximum Gasteiger partial charge on any atom is 0.0767 e. The molecule has 1 saturated heterocycles. The average molecular weight is 357 g/mol. The van der Waals surface area contributed by atoms with Crippen molar-refractivity contribution in [3.05, 3.63) is 15.9 Å². The number of nitrogens with two attached hydrogens (primary N) is 1. The molecule has 1 aliphatic rings. The predicted molar refractivity (Wildman–Crippen MR) is 91.2 cm³/mol. The highest BCUT2D eigenvalue weighted by Crippen LogP contribution is 2.29. The van der Waals surface area contributed by atoms with E-state index in [1.165, 1.54) is 35.1 Å². The van der Waals surface area contributed by atoms with Gasteiger partial charge < -0.3 is 5.73 Å². The second kappa shape index (κ2) is 7.75. The van der Waals surface area contributed by atoms with Crippen molar-refractivity contribution in [3.63, 3.8) is 0 Å². The Kier molecular flexibility index (Phi) is 6.26. The zero-order valence-corrected chi connectivity index (χ0v) is 15.2. The molecule has 0 aliphatic carbocycles. The Balaban J connectivity index is 2.15. The first-order chi connectivity index (χ1) is 10.1. The van der Waals surface area contributed by atoms with Crippen molar-refractivity contribution in [1.82, 2.24) is 14.7 Å². The highest BCUT2D eigenvalue weighted by atomic mass is 79.9. The summed E-state index contributed by atoms with van der Waals surface area (Å²) in [6, 6.07) is 0.515. The molecule has 5 heteroatoms. The zero-order valence-electron chi connectivity index (χ0n) is 13.6. The molecule has 2 heterocycles. The van der Waals surface area contributed by atoms with Crippen molar-refractivity contribution >= 4 is 15.9 Å². The lowest BCUT2D eigenvalue weighted by molar-refractivity contribution is 0.104. The summed E-state index contributed by atoms with van der Waals surface area (Å²) in [6.07, 6.45) is 4.79. The van der Waals surface area contributed by atoms with Crippen LogP contribution in [-0.2, 0) is 19.5 Å². The minimum Gasteiger partial charge on any atom is -0.329 e. The first kappa shape index (κ1) is 17.0. The predicted octanol–water partition coefficient (Wildman–Crippen LogP) is 3.18. The molecule has 0 spiro atoms. The van der Waals surface area contributed by atoms with E-state index >= 15 is 0 Å². The molecule has 2 N–H and O–H groups in total. The molecule has 1 aromatic heterocycles. The lowest BCUT2D eigenvalue weighted by atomic mass is 9.89. The Morgan fingerprint density at radius 1 is 1.33 bits per heavy atom. The Bertz CT molecular complexity index is 457. The van der Waals surface area contributed by atoms with E-state index in [1.54, 1.807) is 0 Å². The Hall–Kier alpha value is -0.390. The number of halogens is 1. The van der Waals surface area contributed by atoms with Gasteiger partial charge in [0, 0.05) is 25.7 Å². The third-order valence-electron chi connectivity index (χ3n) is 4.84. The van der Waals surface area contributed by atoms with Crippen molar-refractivity contribution in [2.24, 2.45) is 11.7 Å². The Labute approximate surface area is 137 Å². The van der Waals surface area contributed by atoms with Crippen LogP contribution in [-0.4, -0.2) is 33.8 Å². The fourth-order valence-electron chi connectivity index (χ4n) is 3.37. The maximum atomic E-state index is 6.03. The molecule has 0 amide bonds.